The number of hydrogen-bond donors (Lipinski definition) is 1. The summed E-state index contributed by atoms with van der Waals surface area (Å²) in [7, 11) is 0. The average molecular weight is 336 g/mol. The number of Topliss-reactive ketones (excluding diaryl/α,β-unsaturated/α-hetero) is 1. The first-order valence-electron chi connectivity index (χ1n) is 8.77. The standard InChI is InChI=1S/C21H24N2O2/c1-15-8-9-19(16(2)14-15)20(24)17-10-12-23(13-11-17)21(25)22-18-6-4-3-5-7-18/h3-9,14,17H,10-13H2,1-2H3,(H,22,25). The van der Waals surface area contributed by atoms with E-state index in [1.54, 1.807) is 4.90 Å². The van der Waals surface area contributed by atoms with Gasteiger partial charge in [-0.25, -0.2) is 4.79 Å². The predicted molar refractivity (Wildman–Crippen MR) is 100 cm³/mol. The molecule has 4 nitrogen and oxygen atoms in total. The van der Waals surface area contributed by atoms with E-state index in [4.69, 9.17) is 0 Å². The Kier molecular flexibility index (Phi) is 5.17. The minimum Gasteiger partial charge on any atom is -0.324 e. The fourth-order valence-electron chi connectivity index (χ4n) is 3.38. The number of likely N-dealkylation sites (tertiary alicyclic amines) is 1. The van der Waals surface area contributed by atoms with Gasteiger partial charge in [0.1, 0.15) is 0 Å². The van der Waals surface area contributed by atoms with Gasteiger partial charge in [0.15, 0.2) is 5.78 Å². The molecule has 2 amide bonds. The fourth-order valence-corrected chi connectivity index (χ4v) is 3.38. The zero-order valence-corrected chi connectivity index (χ0v) is 14.8. The van der Waals surface area contributed by atoms with Crippen LogP contribution in [0.3, 0.4) is 0 Å². The van der Waals surface area contributed by atoms with Crippen molar-refractivity contribution in [2.45, 2.75) is 26.7 Å². The molecule has 3 rings (SSSR count). The highest BCUT2D eigenvalue weighted by Gasteiger charge is 2.28. The minimum absolute atomic E-state index is 0.00202. The van der Waals surface area contributed by atoms with E-state index >= 15 is 0 Å². The molecule has 130 valence electrons. The molecule has 1 heterocycles. The number of nitrogens with zero attached hydrogens (tertiary/aromatic N) is 1. The van der Waals surface area contributed by atoms with Crippen LogP contribution in [-0.4, -0.2) is 29.8 Å². The lowest BCUT2D eigenvalue weighted by molar-refractivity contribution is 0.0858. The summed E-state index contributed by atoms with van der Waals surface area (Å²) >= 11 is 0. The predicted octanol–water partition coefficient (Wildman–Crippen LogP) is 4.43. The molecule has 0 aromatic heterocycles. The smallest absolute Gasteiger partial charge is 0.321 e. The molecule has 0 atom stereocenters. The van der Waals surface area contributed by atoms with Crippen LogP contribution >= 0.6 is 0 Å². The molecule has 1 N–H and O–H groups in total. The molecule has 2 aromatic carbocycles. The molecular weight excluding hydrogens is 312 g/mol. The summed E-state index contributed by atoms with van der Waals surface area (Å²) < 4.78 is 0. The Morgan fingerprint density at radius 2 is 1.68 bits per heavy atom. The Morgan fingerprint density at radius 3 is 2.32 bits per heavy atom. The van der Waals surface area contributed by atoms with Gasteiger partial charge in [-0.3, -0.25) is 4.79 Å². The highest BCUT2D eigenvalue weighted by Crippen LogP contribution is 2.24. The number of para-hydroxylation sites is 1. The Labute approximate surface area is 148 Å². The molecule has 4 heteroatoms. The summed E-state index contributed by atoms with van der Waals surface area (Å²) in [6.07, 6.45) is 1.43. The van der Waals surface area contributed by atoms with Crippen molar-refractivity contribution in [2.75, 3.05) is 18.4 Å². The van der Waals surface area contributed by atoms with Crippen molar-refractivity contribution in [3.8, 4) is 0 Å². The van der Waals surface area contributed by atoms with Crippen LogP contribution < -0.4 is 5.32 Å². The number of ketones is 1. The summed E-state index contributed by atoms with van der Waals surface area (Å²) in [4.78, 5) is 26.9. The lowest BCUT2D eigenvalue weighted by atomic mass is 9.87. The molecule has 25 heavy (non-hydrogen) atoms. The van der Waals surface area contributed by atoms with E-state index in [1.165, 1.54) is 5.56 Å². The summed E-state index contributed by atoms with van der Waals surface area (Å²) in [5, 5.41) is 2.90. The second-order valence-corrected chi connectivity index (χ2v) is 6.74. The number of amides is 2. The van der Waals surface area contributed by atoms with E-state index in [9.17, 15) is 9.59 Å². The molecule has 0 bridgehead atoms. The Morgan fingerprint density at radius 1 is 1.00 bits per heavy atom. The number of rotatable bonds is 3. The molecule has 1 aliphatic heterocycles. The maximum atomic E-state index is 12.8. The van der Waals surface area contributed by atoms with E-state index in [2.05, 4.69) is 11.4 Å². The van der Waals surface area contributed by atoms with Crippen molar-refractivity contribution in [1.29, 1.82) is 0 Å². The molecule has 1 fully saturated rings. The van der Waals surface area contributed by atoms with Crippen molar-refractivity contribution in [3.63, 3.8) is 0 Å². The summed E-state index contributed by atoms with van der Waals surface area (Å²) in [5.41, 5.74) is 3.81. The lowest BCUT2D eigenvalue weighted by Crippen LogP contribution is -2.42. The lowest BCUT2D eigenvalue weighted by Gasteiger charge is -2.31. The first kappa shape index (κ1) is 17.2. The quantitative estimate of drug-likeness (QED) is 0.843. The first-order valence-corrected chi connectivity index (χ1v) is 8.77. The first-order chi connectivity index (χ1) is 12.0. The molecule has 0 spiro atoms. The van der Waals surface area contributed by atoms with Gasteiger partial charge in [0.05, 0.1) is 0 Å². The monoisotopic (exact) mass is 336 g/mol. The third-order valence-electron chi connectivity index (χ3n) is 4.83. The van der Waals surface area contributed by atoms with E-state index in [1.807, 2.05) is 56.3 Å². The normalized spacial score (nSPS) is 15.0. The zero-order chi connectivity index (χ0) is 17.8. The van der Waals surface area contributed by atoms with E-state index < -0.39 is 0 Å². The second kappa shape index (κ2) is 7.51. The third kappa shape index (κ3) is 4.08. The van der Waals surface area contributed by atoms with Gasteiger partial charge in [-0.1, -0.05) is 42.0 Å². The van der Waals surface area contributed by atoms with Crippen LogP contribution in [0.4, 0.5) is 10.5 Å². The van der Waals surface area contributed by atoms with Gasteiger partial charge in [-0.2, -0.15) is 0 Å². The SMILES string of the molecule is Cc1ccc(C(=O)C2CCN(C(=O)Nc3ccccc3)CC2)c(C)c1. The largest absolute Gasteiger partial charge is 0.324 e. The average Bonchev–Trinajstić information content (AvgIpc) is 2.62. The Bertz CT molecular complexity index is 763. The number of carbonyl (C=O) groups excluding carboxylic acids is 2. The molecule has 0 aliphatic carbocycles. The van der Waals surface area contributed by atoms with Crippen LogP contribution in [0.1, 0.15) is 34.3 Å². The maximum Gasteiger partial charge on any atom is 0.321 e. The van der Waals surface area contributed by atoms with E-state index in [0.717, 1.165) is 16.8 Å². The number of aryl methyl sites for hydroxylation is 2. The Hall–Kier alpha value is -2.62. The molecule has 0 saturated carbocycles. The molecule has 0 radical (unpaired) electrons. The van der Waals surface area contributed by atoms with Crippen LogP contribution in [0.2, 0.25) is 0 Å². The number of benzene rings is 2. The molecule has 1 saturated heterocycles. The van der Waals surface area contributed by atoms with Gasteiger partial charge < -0.3 is 10.2 Å². The van der Waals surface area contributed by atoms with Crippen LogP contribution in [0.5, 0.6) is 0 Å². The number of anilines is 1. The van der Waals surface area contributed by atoms with Gasteiger partial charge in [0.25, 0.3) is 0 Å². The minimum atomic E-state index is -0.0939. The molecular formula is C21H24N2O2. The highest BCUT2D eigenvalue weighted by molar-refractivity contribution is 5.99. The van der Waals surface area contributed by atoms with Crippen molar-refractivity contribution < 1.29 is 9.59 Å². The van der Waals surface area contributed by atoms with Gasteiger partial charge in [-0.05, 0) is 44.4 Å². The number of nitrogens with one attached hydrogen (secondary N) is 1. The topological polar surface area (TPSA) is 49.4 Å². The van der Waals surface area contributed by atoms with Gasteiger partial charge in [-0.15, -0.1) is 0 Å². The molecule has 1 aliphatic rings. The maximum absolute atomic E-state index is 12.8. The van der Waals surface area contributed by atoms with Crippen LogP contribution in [0.25, 0.3) is 0 Å². The van der Waals surface area contributed by atoms with Crippen molar-refractivity contribution >= 4 is 17.5 Å². The molecule has 2 aromatic rings. The van der Waals surface area contributed by atoms with Crippen LogP contribution in [-0.2, 0) is 0 Å². The summed E-state index contributed by atoms with van der Waals surface area (Å²) in [5.74, 6) is 0.211. The number of hydrogen-bond acceptors (Lipinski definition) is 2. The van der Waals surface area contributed by atoms with Crippen molar-refractivity contribution in [1.82, 2.24) is 4.90 Å². The van der Waals surface area contributed by atoms with Gasteiger partial charge in [0.2, 0.25) is 0 Å². The zero-order valence-electron chi connectivity index (χ0n) is 14.8. The summed E-state index contributed by atoms with van der Waals surface area (Å²) in [6, 6.07) is 15.3. The third-order valence-corrected chi connectivity index (χ3v) is 4.83. The molecule has 0 unspecified atom stereocenters. The van der Waals surface area contributed by atoms with Crippen LogP contribution in [0.15, 0.2) is 48.5 Å². The van der Waals surface area contributed by atoms with E-state index in [-0.39, 0.29) is 17.7 Å². The second-order valence-electron chi connectivity index (χ2n) is 6.74. The highest BCUT2D eigenvalue weighted by atomic mass is 16.2. The van der Waals surface area contributed by atoms with Gasteiger partial charge >= 0.3 is 6.03 Å². The van der Waals surface area contributed by atoms with Crippen molar-refractivity contribution in [2.24, 2.45) is 5.92 Å². The summed E-state index contributed by atoms with van der Waals surface area (Å²) in [6.45, 7) is 5.24. The van der Waals surface area contributed by atoms with E-state index in [0.29, 0.717) is 25.9 Å². The van der Waals surface area contributed by atoms with Gasteiger partial charge in [0, 0.05) is 30.3 Å². The number of urea groups is 1. The fraction of sp³-hybridized carbons (Fsp3) is 0.333. The Balaban J connectivity index is 1.58. The number of carbonyl (C=O) groups is 2. The van der Waals surface area contributed by atoms with Crippen LogP contribution in [0, 0.1) is 19.8 Å². The van der Waals surface area contributed by atoms with Crippen molar-refractivity contribution in [3.05, 3.63) is 65.2 Å². The number of piperidine rings is 1.